The Morgan fingerprint density at radius 2 is 1.38 bits per heavy atom. The number of hydrogen-bond donors (Lipinski definition) is 2. The molecule has 1 fully saturated rings. The van der Waals surface area contributed by atoms with E-state index in [1.54, 1.807) is 19.2 Å². The SMILES string of the molecule is COc1ccc(-c2cc(-c3ccc(O)cc3)nc(Nc3ccc(OCCN4CCCCC4)cc3)n2)cc1. The summed E-state index contributed by atoms with van der Waals surface area (Å²) >= 11 is 0. The molecule has 7 heteroatoms. The van der Waals surface area contributed by atoms with E-state index in [1.165, 1.54) is 32.4 Å². The van der Waals surface area contributed by atoms with Gasteiger partial charge in [-0.2, -0.15) is 0 Å². The molecule has 5 rings (SSSR count). The molecule has 1 saturated heterocycles. The summed E-state index contributed by atoms with van der Waals surface area (Å²) in [6.07, 6.45) is 3.92. The fraction of sp³-hybridized carbons (Fsp3) is 0.267. The molecular formula is C30H32N4O3. The van der Waals surface area contributed by atoms with Gasteiger partial charge in [-0.3, -0.25) is 4.90 Å². The highest BCUT2D eigenvalue weighted by Gasteiger charge is 2.11. The number of hydrogen-bond acceptors (Lipinski definition) is 7. The van der Waals surface area contributed by atoms with Crippen molar-refractivity contribution < 1.29 is 14.6 Å². The van der Waals surface area contributed by atoms with E-state index in [1.807, 2.05) is 66.7 Å². The number of benzene rings is 3. The zero-order chi connectivity index (χ0) is 25.5. The van der Waals surface area contributed by atoms with Crippen LogP contribution >= 0.6 is 0 Å². The zero-order valence-electron chi connectivity index (χ0n) is 21.1. The summed E-state index contributed by atoms with van der Waals surface area (Å²) in [6.45, 7) is 4.00. The molecule has 2 heterocycles. The van der Waals surface area contributed by atoms with E-state index in [0.717, 1.165) is 46.2 Å². The van der Waals surface area contributed by atoms with Crippen molar-refractivity contribution in [1.29, 1.82) is 0 Å². The zero-order valence-corrected chi connectivity index (χ0v) is 21.1. The van der Waals surface area contributed by atoms with Gasteiger partial charge in [0.25, 0.3) is 0 Å². The minimum Gasteiger partial charge on any atom is -0.508 e. The lowest BCUT2D eigenvalue weighted by Gasteiger charge is -2.26. The lowest BCUT2D eigenvalue weighted by Crippen LogP contribution is -2.33. The standard InChI is InChI=1S/C30H32N4O3/c1-36-26-13-7-23(8-14-26)29-21-28(22-5-11-25(35)12-6-22)32-30(33-29)31-24-9-15-27(16-10-24)37-20-19-34-17-3-2-4-18-34/h5-16,21,35H,2-4,17-20H2,1H3,(H,31,32,33). The van der Waals surface area contributed by atoms with Crippen molar-refractivity contribution in [2.45, 2.75) is 19.3 Å². The molecule has 0 atom stereocenters. The maximum atomic E-state index is 9.71. The summed E-state index contributed by atoms with van der Waals surface area (Å²) in [5.74, 6) is 2.33. The minimum atomic E-state index is 0.213. The van der Waals surface area contributed by atoms with E-state index < -0.39 is 0 Å². The van der Waals surface area contributed by atoms with Crippen LogP contribution in [0.15, 0.2) is 78.9 Å². The second-order valence-electron chi connectivity index (χ2n) is 9.14. The van der Waals surface area contributed by atoms with E-state index >= 15 is 0 Å². The average molecular weight is 497 g/mol. The van der Waals surface area contributed by atoms with Crippen LogP contribution in [0.5, 0.6) is 17.2 Å². The van der Waals surface area contributed by atoms with Gasteiger partial charge in [0.05, 0.1) is 18.5 Å². The van der Waals surface area contributed by atoms with Crippen molar-refractivity contribution in [3.8, 4) is 39.8 Å². The average Bonchev–Trinajstić information content (AvgIpc) is 2.95. The van der Waals surface area contributed by atoms with E-state index in [4.69, 9.17) is 19.4 Å². The number of aromatic nitrogens is 2. The van der Waals surface area contributed by atoms with Crippen molar-refractivity contribution in [2.24, 2.45) is 0 Å². The van der Waals surface area contributed by atoms with Crippen LogP contribution in [0.25, 0.3) is 22.5 Å². The topological polar surface area (TPSA) is 79.7 Å². The molecule has 37 heavy (non-hydrogen) atoms. The molecule has 7 nitrogen and oxygen atoms in total. The molecule has 4 aromatic rings. The summed E-state index contributed by atoms with van der Waals surface area (Å²) in [5, 5.41) is 13.0. The normalized spacial score (nSPS) is 13.8. The van der Waals surface area contributed by atoms with E-state index in [2.05, 4.69) is 10.2 Å². The molecule has 0 bridgehead atoms. The van der Waals surface area contributed by atoms with Gasteiger partial charge in [-0.25, -0.2) is 9.97 Å². The predicted molar refractivity (Wildman–Crippen MR) is 147 cm³/mol. The Bertz CT molecular complexity index is 1290. The van der Waals surface area contributed by atoms with E-state index in [0.29, 0.717) is 12.6 Å². The lowest BCUT2D eigenvalue weighted by molar-refractivity contribution is 0.183. The predicted octanol–water partition coefficient (Wildman–Crippen LogP) is 6.13. The van der Waals surface area contributed by atoms with E-state index in [9.17, 15) is 5.11 Å². The molecule has 3 aromatic carbocycles. The Morgan fingerprint density at radius 1 is 0.784 bits per heavy atom. The number of ether oxygens (including phenoxy) is 2. The fourth-order valence-corrected chi connectivity index (χ4v) is 4.43. The molecule has 0 aliphatic carbocycles. The smallest absolute Gasteiger partial charge is 0.228 e. The monoisotopic (exact) mass is 496 g/mol. The van der Waals surface area contributed by atoms with Gasteiger partial charge < -0.3 is 19.9 Å². The maximum Gasteiger partial charge on any atom is 0.228 e. The molecule has 0 unspecified atom stereocenters. The van der Waals surface area contributed by atoms with Crippen LogP contribution < -0.4 is 14.8 Å². The fourth-order valence-electron chi connectivity index (χ4n) is 4.43. The first-order valence-electron chi connectivity index (χ1n) is 12.7. The molecule has 1 aliphatic heterocycles. The molecule has 0 spiro atoms. The highest BCUT2D eigenvalue weighted by molar-refractivity contribution is 5.71. The van der Waals surface area contributed by atoms with Crippen LogP contribution in [0.3, 0.4) is 0 Å². The first-order valence-corrected chi connectivity index (χ1v) is 12.7. The van der Waals surface area contributed by atoms with Gasteiger partial charge >= 0.3 is 0 Å². The summed E-state index contributed by atoms with van der Waals surface area (Å²) in [4.78, 5) is 12.0. The van der Waals surface area contributed by atoms with Gasteiger partial charge in [-0.05, 0) is 105 Å². The van der Waals surface area contributed by atoms with Crippen LogP contribution in [0.1, 0.15) is 19.3 Å². The number of aromatic hydroxyl groups is 1. The van der Waals surface area contributed by atoms with Gasteiger partial charge in [0, 0.05) is 23.4 Å². The Hall–Kier alpha value is -4.10. The summed E-state index contributed by atoms with van der Waals surface area (Å²) in [7, 11) is 1.65. The molecule has 1 aliphatic rings. The molecular weight excluding hydrogens is 464 g/mol. The van der Waals surface area contributed by atoms with Gasteiger partial charge in [0.15, 0.2) is 0 Å². The van der Waals surface area contributed by atoms with E-state index in [-0.39, 0.29) is 5.75 Å². The third kappa shape index (κ3) is 6.57. The molecule has 1 aromatic heterocycles. The highest BCUT2D eigenvalue weighted by atomic mass is 16.5. The molecule has 0 amide bonds. The van der Waals surface area contributed by atoms with Crippen LogP contribution in [-0.4, -0.2) is 53.3 Å². The maximum absolute atomic E-state index is 9.71. The number of nitrogens with zero attached hydrogens (tertiary/aromatic N) is 3. The highest BCUT2D eigenvalue weighted by Crippen LogP contribution is 2.29. The van der Waals surface area contributed by atoms with Gasteiger partial charge in [-0.1, -0.05) is 6.42 Å². The van der Waals surface area contributed by atoms with Crippen LogP contribution in [0.2, 0.25) is 0 Å². The number of nitrogens with one attached hydrogen (secondary N) is 1. The number of methoxy groups -OCH3 is 1. The second-order valence-corrected chi connectivity index (χ2v) is 9.14. The summed E-state index contributed by atoms with van der Waals surface area (Å²) < 4.78 is 11.3. The number of phenolic OH excluding ortho intramolecular Hbond substituents is 1. The first-order chi connectivity index (χ1) is 18.2. The van der Waals surface area contributed by atoms with Crippen LogP contribution in [0, 0.1) is 0 Å². The summed E-state index contributed by atoms with van der Waals surface area (Å²) in [6, 6.07) is 24.6. The van der Waals surface area contributed by atoms with Crippen LogP contribution in [0.4, 0.5) is 11.6 Å². The Labute approximate surface area is 217 Å². The Kier molecular flexibility index (Phi) is 7.81. The van der Waals surface area contributed by atoms with Gasteiger partial charge in [-0.15, -0.1) is 0 Å². The van der Waals surface area contributed by atoms with Crippen molar-refractivity contribution in [3.05, 3.63) is 78.9 Å². The van der Waals surface area contributed by atoms with Crippen molar-refractivity contribution >= 4 is 11.6 Å². The number of rotatable bonds is 9. The second kappa shape index (κ2) is 11.8. The number of piperidine rings is 1. The Balaban J connectivity index is 1.33. The lowest BCUT2D eigenvalue weighted by atomic mass is 10.1. The molecule has 190 valence electrons. The first kappa shape index (κ1) is 24.6. The molecule has 0 radical (unpaired) electrons. The van der Waals surface area contributed by atoms with Crippen LogP contribution in [-0.2, 0) is 0 Å². The molecule has 2 N–H and O–H groups in total. The van der Waals surface area contributed by atoms with Crippen molar-refractivity contribution in [2.75, 3.05) is 38.7 Å². The number of anilines is 2. The summed E-state index contributed by atoms with van der Waals surface area (Å²) in [5.41, 5.74) is 4.23. The molecule has 0 saturated carbocycles. The largest absolute Gasteiger partial charge is 0.508 e. The van der Waals surface area contributed by atoms with Crippen molar-refractivity contribution in [3.63, 3.8) is 0 Å². The minimum absolute atomic E-state index is 0.213. The third-order valence-electron chi connectivity index (χ3n) is 6.51. The quantitative estimate of drug-likeness (QED) is 0.288. The van der Waals surface area contributed by atoms with Gasteiger partial charge in [0.1, 0.15) is 23.9 Å². The third-order valence-corrected chi connectivity index (χ3v) is 6.51. The van der Waals surface area contributed by atoms with Crippen molar-refractivity contribution in [1.82, 2.24) is 14.9 Å². The number of likely N-dealkylation sites (tertiary alicyclic amines) is 1. The number of phenols is 1. The Morgan fingerprint density at radius 3 is 2.00 bits per heavy atom. The van der Waals surface area contributed by atoms with Gasteiger partial charge in [0.2, 0.25) is 5.95 Å².